The van der Waals surface area contributed by atoms with Crippen molar-refractivity contribution in [2.45, 2.75) is 32.2 Å². The number of amides is 2. The predicted molar refractivity (Wildman–Crippen MR) is 125 cm³/mol. The minimum absolute atomic E-state index is 0.146. The first-order valence-electron chi connectivity index (χ1n) is 10.3. The minimum Gasteiger partial charge on any atom is -0.348 e. The number of fused-ring (bicyclic) bond motifs is 2. The molecule has 0 saturated carbocycles. The fourth-order valence-electron chi connectivity index (χ4n) is 4.07. The number of nitrogens with one attached hydrogen (secondary N) is 2. The topological polar surface area (TPSA) is 70.6 Å². The Morgan fingerprint density at radius 3 is 2.77 bits per heavy atom. The molecule has 0 fully saturated rings. The first-order valence-corrected chi connectivity index (χ1v) is 11.5. The van der Waals surface area contributed by atoms with Gasteiger partial charge in [-0.1, -0.05) is 41.9 Å². The summed E-state index contributed by atoms with van der Waals surface area (Å²) in [6, 6.07) is 15.0. The molecule has 2 heterocycles. The number of halogens is 1. The van der Waals surface area contributed by atoms with Gasteiger partial charge in [0.2, 0.25) is 0 Å². The zero-order valence-corrected chi connectivity index (χ0v) is 18.3. The van der Waals surface area contributed by atoms with Crippen LogP contribution in [0.3, 0.4) is 0 Å². The molecule has 2 amide bonds. The van der Waals surface area contributed by atoms with Crippen LogP contribution in [0, 0.1) is 0 Å². The van der Waals surface area contributed by atoms with Gasteiger partial charge in [0.1, 0.15) is 10.7 Å². The first-order chi connectivity index (χ1) is 15.1. The summed E-state index contributed by atoms with van der Waals surface area (Å²) in [7, 11) is 0. The maximum atomic E-state index is 13.2. The second-order valence-electron chi connectivity index (χ2n) is 7.66. The Labute approximate surface area is 189 Å². The molecule has 0 unspecified atom stereocenters. The van der Waals surface area contributed by atoms with E-state index in [2.05, 4.69) is 10.6 Å². The van der Waals surface area contributed by atoms with Gasteiger partial charge >= 0.3 is 0 Å². The van der Waals surface area contributed by atoms with Gasteiger partial charge in [-0.05, 0) is 55.0 Å². The van der Waals surface area contributed by atoms with Crippen LogP contribution in [0.25, 0.3) is 0 Å². The van der Waals surface area contributed by atoms with Gasteiger partial charge in [0, 0.05) is 22.0 Å². The number of rotatable bonds is 4. The van der Waals surface area contributed by atoms with Gasteiger partial charge < -0.3 is 10.6 Å². The normalized spacial score (nSPS) is 16.0. The lowest BCUT2D eigenvalue weighted by Gasteiger charge is -2.13. The summed E-state index contributed by atoms with van der Waals surface area (Å²) in [6.45, 7) is 0.444. The van der Waals surface area contributed by atoms with Gasteiger partial charge in [0.25, 0.3) is 11.8 Å². The summed E-state index contributed by atoms with van der Waals surface area (Å²) >= 11 is 7.67. The molecule has 2 N–H and O–H groups in total. The van der Waals surface area contributed by atoms with Crippen LogP contribution in [0.5, 0.6) is 0 Å². The fraction of sp³-hybridized carbons (Fsp3) is 0.208. The van der Waals surface area contributed by atoms with Gasteiger partial charge in [-0.2, -0.15) is 0 Å². The molecule has 5 nitrogen and oxygen atoms in total. The molecule has 0 atom stereocenters. The van der Waals surface area contributed by atoms with Crippen LogP contribution in [-0.4, -0.2) is 17.5 Å². The van der Waals surface area contributed by atoms with E-state index in [1.54, 1.807) is 18.2 Å². The van der Waals surface area contributed by atoms with Crippen molar-refractivity contribution < 1.29 is 9.59 Å². The number of hydrogen-bond acceptors (Lipinski definition) is 4. The average Bonchev–Trinajstić information content (AvgIpc) is 3.30. The molecule has 0 spiro atoms. The largest absolute Gasteiger partial charge is 0.348 e. The molecule has 0 radical (unpaired) electrons. The second-order valence-corrected chi connectivity index (χ2v) is 9.18. The standard InChI is InChI=1S/C24H20ClN3O2S/c25-15-10-11-18-17(12-15)21(23(30)27-18)28-24-20(16-8-4-5-9-19(16)31-24)22(29)26-13-14-6-2-1-3-7-14/h1-3,6-7,10-12H,4-5,8-9,13H2,(H,26,29)(H,27,28,30). The Balaban J connectivity index is 1.53. The Bertz CT molecular complexity index is 1220. The van der Waals surface area contributed by atoms with Gasteiger partial charge in [-0.3, -0.25) is 9.59 Å². The summed E-state index contributed by atoms with van der Waals surface area (Å²) in [5.74, 6) is -0.424. The van der Waals surface area contributed by atoms with E-state index in [1.165, 1.54) is 16.2 Å². The van der Waals surface area contributed by atoms with Crippen LogP contribution in [0.1, 0.15) is 44.8 Å². The third kappa shape index (κ3) is 3.89. The van der Waals surface area contributed by atoms with Gasteiger partial charge in [0.15, 0.2) is 0 Å². The summed E-state index contributed by atoms with van der Waals surface area (Å²) in [5, 5.41) is 6.99. The van der Waals surface area contributed by atoms with Crippen molar-refractivity contribution in [1.29, 1.82) is 0 Å². The number of anilines is 1. The number of thiophene rings is 1. The third-order valence-electron chi connectivity index (χ3n) is 5.59. The average molecular weight is 450 g/mol. The highest BCUT2D eigenvalue weighted by Gasteiger charge is 2.30. The maximum absolute atomic E-state index is 13.2. The number of benzene rings is 2. The lowest BCUT2D eigenvalue weighted by molar-refractivity contribution is -0.110. The monoisotopic (exact) mass is 449 g/mol. The molecule has 1 aromatic heterocycles. The van der Waals surface area contributed by atoms with E-state index < -0.39 is 0 Å². The van der Waals surface area contributed by atoms with Gasteiger partial charge in [-0.25, -0.2) is 4.99 Å². The number of carbonyl (C=O) groups excluding carboxylic acids is 2. The molecule has 0 bridgehead atoms. The molecular formula is C24H20ClN3O2S. The zero-order valence-electron chi connectivity index (χ0n) is 16.7. The van der Waals surface area contributed by atoms with Crippen LogP contribution in [0.15, 0.2) is 53.5 Å². The van der Waals surface area contributed by atoms with E-state index >= 15 is 0 Å². The van der Waals surface area contributed by atoms with E-state index in [0.717, 1.165) is 36.8 Å². The van der Waals surface area contributed by atoms with Crippen molar-refractivity contribution in [3.8, 4) is 0 Å². The highest BCUT2D eigenvalue weighted by molar-refractivity contribution is 7.16. The van der Waals surface area contributed by atoms with Crippen molar-refractivity contribution in [1.82, 2.24) is 5.32 Å². The lowest BCUT2D eigenvalue weighted by Crippen LogP contribution is -2.24. The number of nitrogens with zero attached hydrogens (tertiary/aromatic N) is 1. The van der Waals surface area contributed by atoms with Crippen molar-refractivity contribution in [3.05, 3.63) is 80.7 Å². The number of aryl methyl sites for hydroxylation is 1. The number of hydrogen-bond donors (Lipinski definition) is 2. The smallest absolute Gasteiger partial charge is 0.275 e. The van der Waals surface area contributed by atoms with E-state index in [9.17, 15) is 9.59 Å². The number of carbonyl (C=O) groups is 2. The van der Waals surface area contributed by atoms with E-state index in [4.69, 9.17) is 16.6 Å². The highest BCUT2D eigenvalue weighted by atomic mass is 35.5. The Morgan fingerprint density at radius 1 is 1.13 bits per heavy atom. The van der Waals surface area contributed by atoms with Crippen LogP contribution in [0.2, 0.25) is 5.02 Å². The predicted octanol–water partition coefficient (Wildman–Crippen LogP) is 5.28. The summed E-state index contributed by atoms with van der Waals surface area (Å²) in [6.07, 6.45) is 3.96. The molecule has 1 aliphatic heterocycles. The Morgan fingerprint density at radius 2 is 1.94 bits per heavy atom. The fourth-order valence-corrected chi connectivity index (χ4v) is 5.50. The zero-order chi connectivity index (χ0) is 21.4. The Kier molecular flexibility index (Phi) is 5.34. The molecule has 2 aliphatic rings. The van der Waals surface area contributed by atoms with Crippen molar-refractivity contribution in [3.63, 3.8) is 0 Å². The molecule has 3 aromatic rings. The van der Waals surface area contributed by atoms with Crippen molar-refractivity contribution in [2.24, 2.45) is 4.99 Å². The van der Waals surface area contributed by atoms with Gasteiger partial charge in [-0.15, -0.1) is 11.3 Å². The third-order valence-corrected chi connectivity index (χ3v) is 7.01. The minimum atomic E-state index is -0.278. The van der Waals surface area contributed by atoms with E-state index in [-0.39, 0.29) is 11.8 Å². The SMILES string of the molecule is O=C1Nc2ccc(Cl)cc2C1=Nc1sc2c(c1C(=O)NCc1ccccc1)CCCC2. The quantitative estimate of drug-likeness (QED) is 0.568. The molecule has 31 heavy (non-hydrogen) atoms. The molecule has 0 saturated heterocycles. The van der Waals surface area contributed by atoms with Crippen molar-refractivity contribution >= 4 is 51.2 Å². The molecule has 2 aromatic carbocycles. The van der Waals surface area contributed by atoms with Gasteiger partial charge in [0.05, 0.1) is 11.3 Å². The van der Waals surface area contributed by atoms with Crippen LogP contribution < -0.4 is 10.6 Å². The Hall–Kier alpha value is -2.96. The molecule has 1 aliphatic carbocycles. The summed E-state index contributed by atoms with van der Waals surface area (Å²) < 4.78 is 0. The van der Waals surface area contributed by atoms with Crippen LogP contribution >= 0.6 is 22.9 Å². The van der Waals surface area contributed by atoms with Crippen LogP contribution in [0.4, 0.5) is 10.7 Å². The molecule has 5 rings (SSSR count). The van der Waals surface area contributed by atoms with E-state index in [1.807, 2.05) is 30.3 Å². The lowest BCUT2D eigenvalue weighted by atomic mass is 9.95. The highest BCUT2D eigenvalue weighted by Crippen LogP contribution is 2.41. The second kappa shape index (κ2) is 8.29. The van der Waals surface area contributed by atoms with Crippen LogP contribution in [-0.2, 0) is 24.2 Å². The molecule has 7 heteroatoms. The first kappa shape index (κ1) is 20.0. The van der Waals surface area contributed by atoms with E-state index in [0.29, 0.717) is 39.1 Å². The maximum Gasteiger partial charge on any atom is 0.275 e. The number of aliphatic imine (C=N–C) groups is 1. The summed E-state index contributed by atoms with van der Waals surface area (Å²) in [5.41, 5.74) is 4.36. The summed E-state index contributed by atoms with van der Waals surface area (Å²) in [4.78, 5) is 31.7. The molecule has 156 valence electrons. The van der Waals surface area contributed by atoms with Crippen molar-refractivity contribution in [2.75, 3.05) is 5.32 Å². The molecular weight excluding hydrogens is 430 g/mol.